The summed E-state index contributed by atoms with van der Waals surface area (Å²) in [5.74, 6) is 2.07. The van der Waals surface area contributed by atoms with E-state index in [-0.39, 0.29) is 11.9 Å². The summed E-state index contributed by atoms with van der Waals surface area (Å²) in [5.41, 5.74) is 1.01. The summed E-state index contributed by atoms with van der Waals surface area (Å²) in [7, 11) is 1.42. The minimum atomic E-state index is -0.165. The first-order valence-electron chi connectivity index (χ1n) is 5.84. The van der Waals surface area contributed by atoms with E-state index in [1.165, 1.54) is 7.11 Å². The first-order valence-corrected chi connectivity index (χ1v) is 7.88. The topological polar surface area (TPSA) is 52.3 Å². The number of carbonyl (C=O) groups is 1. The SMILES string of the molecule is COC(=O)C(C)CSCc1csc(-c2ccco2)n1. The molecule has 0 aliphatic heterocycles. The van der Waals surface area contributed by atoms with Crippen LogP contribution in [0.4, 0.5) is 0 Å². The van der Waals surface area contributed by atoms with Gasteiger partial charge in [-0.2, -0.15) is 11.8 Å². The lowest BCUT2D eigenvalue weighted by molar-refractivity contribution is -0.143. The lowest BCUT2D eigenvalue weighted by Gasteiger charge is -2.07. The van der Waals surface area contributed by atoms with Gasteiger partial charge < -0.3 is 9.15 Å². The molecule has 0 aliphatic rings. The van der Waals surface area contributed by atoms with Crippen LogP contribution in [0, 0.1) is 5.92 Å². The van der Waals surface area contributed by atoms with Gasteiger partial charge >= 0.3 is 5.97 Å². The van der Waals surface area contributed by atoms with Crippen LogP contribution in [0.3, 0.4) is 0 Å². The monoisotopic (exact) mass is 297 g/mol. The number of rotatable bonds is 6. The Kier molecular flexibility index (Phi) is 5.04. The molecule has 0 saturated carbocycles. The number of hydrogen-bond donors (Lipinski definition) is 0. The van der Waals surface area contributed by atoms with Crippen molar-refractivity contribution in [2.24, 2.45) is 5.92 Å². The number of thiazole rings is 1. The van der Waals surface area contributed by atoms with Gasteiger partial charge in [-0.25, -0.2) is 4.98 Å². The Hall–Kier alpha value is -1.27. The maximum absolute atomic E-state index is 11.3. The van der Waals surface area contributed by atoms with E-state index in [4.69, 9.17) is 4.42 Å². The van der Waals surface area contributed by atoms with Gasteiger partial charge in [0.15, 0.2) is 10.8 Å². The third-order valence-electron chi connectivity index (χ3n) is 2.51. The zero-order valence-corrected chi connectivity index (χ0v) is 12.4. The molecule has 0 amide bonds. The fourth-order valence-electron chi connectivity index (χ4n) is 1.50. The quantitative estimate of drug-likeness (QED) is 0.764. The predicted molar refractivity (Wildman–Crippen MR) is 77.2 cm³/mol. The standard InChI is InChI=1S/C13H15NO3S2/c1-9(13(15)16-2)6-18-7-10-8-19-12(14-10)11-4-3-5-17-11/h3-5,8-9H,6-7H2,1-2H3. The van der Waals surface area contributed by atoms with Crippen LogP contribution in [0.25, 0.3) is 10.8 Å². The van der Waals surface area contributed by atoms with Crippen molar-refractivity contribution < 1.29 is 13.9 Å². The van der Waals surface area contributed by atoms with Crippen molar-refractivity contribution in [1.29, 1.82) is 0 Å². The van der Waals surface area contributed by atoms with Crippen LogP contribution in [-0.2, 0) is 15.3 Å². The van der Waals surface area contributed by atoms with Crippen molar-refractivity contribution in [3.05, 3.63) is 29.5 Å². The average molecular weight is 297 g/mol. The van der Waals surface area contributed by atoms with E-state index in [9.17, 15) is 4.79 Å². The smallest absolute Gasteiger partial charge is 0.309 e. The highest BCUT2D eigenvalue weighted by atomic mass is 32.2. The first-order chi connectivity index (χ1) is 9.20. The molecule has 2 aromatic rings. The number of ether oxygens (including phenoxy) is 1. The summed E-state index contributed by atoms with van der Waals surface area (Å²) in [6, 6.07) is 3.75. The summed E-state index contributed by atoms with van der Waals surface area (Å²) < 4.78 is 9.99. The summed E-state index contributed by atoms with van der Waals surface area (Å²) in [6.07, 6.45) is 1.64. The van der Waals surface area contributed by atoms with Crippen LogP contribution in [0.15, 0.2) is 28.2 Å². The summed E-state index contributed by atoms with van der Waals surface area (Å²) in [4.78, 5) is 15.8. The number of carbonyl (C=O) groups excluding carboxylic acids is 1. The summed E-state index contributed by atoms with van der Waals surface area (Å²) >= 11 is 3.25. The molecule has 0 spiro atoms. The molecular weight excluding hydrogens is 282 g/mol. The highest BCUT2D eigenvalue weighted by Gasteiger charge is 2.13. The molecule has 102 valence electrons. The second kappa shape index (κ2) is 6.77. The Bertz CT molecular complexity index is 522. The number of methoxy groups -OCH3 is 1. The van der Waals surface area contributed by atoms with Gasteiger partial charge in [-0.15, -0.1) is 11.3 Å². The molecule has 2 rings (SSSR count). The molecule has 0 fully saturated rings. The molecule has 0 bridgehead atoms. The molecule has 19 heavy (non-hydrogen) atoms. The third-order valence-corrected chi connectivity index (χ3v) is 4.65. The maximum atomic E-state index is 11.3. The Balaban J connectivity index is 1.83. The molecule has 4 nitrogen and oxygen atoms in total. The summed E-state index contributed by atoms with van der Waals surface area (Å²) in [6.45, 7) is 1.87. The first kappa shape index (κ1) is 14.1. The van der Waals surface area contributed by atoms with Crippen molar-refractivity contribution in [2.45, 2.75) is 12.7 Å². The zero-order chi connectivity index (χ0) is 13.7. The van der Waals surface area contributed by atoms with Gasteiger partial charge in [-0.05, 0) is 12.1 Å². The van der Waals surface area contributed by atoms with Crippen molar-refractivity contribution in [2.75, 3.05) is 12.9 Å². The van der Waals surface area contributed by atoms with Gasteiger partial charge in [0.2, 0.25) is 0 Å². The van der Waals surface area contributed by atoms with Gasteiger partial charge in [-0.3, -0.25) is 4.79 Å². The Morgan fingerprint density at radius 1 is 1.63 bits per heavy atom. The van der Waals surface area contributed by atoms with Crippen molar-refractivity contribution in [3.63, 3.8) is 0 Å². The molecule has 1 atom stereocenters. The van der Waals surface area contributed by atoms with E-state index >= 15 is 0 Å². The number of aromatic nitrogens is 1. The number of esters is 1. The molecule has 0 radical (unpaired) electrons. The third kappa shape index (κ3) is 3.84. The van der Waals surface area contributed by atoms with E-state index in [2.05, 4.69) is 9.72 Å². The highest BCUT2D eigenvalue weighted by Crippen LogP contribution is 2.26. The van der Waals surface area contributed by atoms with Crippen molar-refractivity contribution in [1.82, 2.24) is 4.98 Å². The zero-order valence-electron chi connectivity index (χ0n) is 10.8. The lowest BCUT2D eigenvalue weighted by atomic mass is 10.2. The van der Waals surface area contributed by atoms with Gasteiger partial charge in [0.05, 0.1) is 25.0 Å². The molecule has 1 unspecified atom stereocenters. The molecule has 0 N–H and O–H groups in total. The second-order valence-corrected chi connectivity index (χ2v) is 5.95. The van der Waals surface area contributed by atoms with Crippen LogP contribution in [-0.4, -0.2) is 23.8 Å². The largest absolute Gasteiger partial charge is 0.469 e. The van der Waals surface area contributed by atoms with Crippen molar-refractivity contribution in [3.8, 4) is 10.8 Å². The number of hydrogen-bond acceptors (Lipinski definition) is 6. The van der Waals surface area contributed by atoms with Crippen LogP contribution < -0.4 is 0 Å². The molecule has 0 aromatic carbocycles. The van der Waals surface area contributed by atoms with Gasteiger partial charge in [-0.1, -0.05) is 6.92 Å². The maximum Gasteiger partial charge on any atom is 0.309 e. The molecule has 0 aliphatic carbocycles. The Morgan fingerprint density at radius 3 is 3.16 bits per heavy atom. The second-order valence-electron chi connectivity index (χ2n) is 4.06. The number of thioether (sulfide) groups is 1. The molecule has 6 heteroatoms. The molecule has 2 aromatic heterocycles. The fourth-order valence-corrected chi connectivity index (χ4v) is 3.35. The van der Waals surface area contributed by atoms with Crippen LogP contribution in [0.2, 0.25) is 0 Å². The predicted octanol–water partition coefficient (Wildman–Crippen LogP) is 3.45. The van der Waals surface area contributed by atoms with E-state index in [1.54, 1.807) is 29.4 Å². The molecule has 0 saturated heterocycles. The number of nitrogens with zero attached hydrogens (tertiary/aromatic N) is 1. The van der Waals surface area contributed by atoms with Crippen LogP contribution in [0.5, 0.6) is 0 Å². The lowest BCUT2D eigenvalue weighted by Crippen LogP contribution is -2.14. The van der Waals surface area contributed by atoms with E-state index in [0.717, 1.165) is 28.0 Å². The normalized spacial score (nSPS) is 12.3. The average Bonchev–Trinajstić information content (AvgIpc) is 3.07. The van der Waals surface area contributed by atoms with Gasteiger partial charge in [0.25, 0.3) is 0 Å². The Labute approximate surface area is 120 Å². The summed E-state index contributed by atoms with van der Waals surface area (Å²) in [5, 5.41) is 2.91. The Morgan fingerprint density at radius 2 is 2.47 bits per heavy atom. The minimum absolute atomic E-state index is 0.0850. The fraction of sp³-hybridized carbons (Fsp3) is 0.385. The van der Waals surface area contributed by atoms with Gasteiger partial charge in [0, 0.05) is 16.9 Å². The molecule has 2 heterocycles. The van der Waals surface area contributed by atoms with E-state index < -0.39 is 0 Å². The minimum Gasteiger partial charge on any atom is -0.469 e. The number of furan rings is 1. The molecular formula is C13H15NO3S2. The van der Waals surface area contributed by atoms with Crippen LogP contribution >= 0.6 is 23.1 Å². The van der Waals surface area contributed by atoms with Gasteiger partial charge in [0.1, 0.15) is 0 Å². The van der Waals surface area contributed by atoms with E-state index in [1.807, 2.05) is 24.4 Å². The van der Waals surface area contributed by atoms with Crippen LogP contribution in [0.1, 0.15) is 12.6 Å². The highest BCUT2D eigenvalue weighted by molar-refractivity contribution is 7.98. The van der Waals surface area contributed by atoms with Crippen molar-refractivity contribution >= 4 is 29.1 Å². The van der Waals surface area contributed by atoms with E-state index in [0.29, 0.717) is 0 Å².